The highest BCUT2D eigenvalue weighted by Crippen LogP contribution is 2.38. The number of nitrogens with zero attached hydrogens (tertiary/aromatic N) is 1. The molecular weight excluding hydrogens is 364 g/mol. The van der Waals surface area contributed by atoms with E-state index in [1.807, 2.05) is 48.5 Å². The SMILES string of the molecule is O=C(CCN1C(=O)[C@@H]2CC=C(Cl)C[C@H]2C1=O)Nc1cccc2ccccc12. The monoisotopic (exact) mass is 382 g/mol. The number of carbonyl (C=O) groups excluding carboxylic acids is 3. The second-order valence-corrected chi connectivity index (χ2v) is 7.44. The Labute approximate surface area is 162 Å². The number of benzene rings is 2. The van der Waals surface area contributed by atoms with E-state index in [4.69, 9.17) is 11.6 Å². The molecule has 4 rings (SSSR count). The number of hydrogen-bond acceptors (Lipinski definition) is 3. The van der Waals surface area contributed by atoms with Gasteiger partial charge in [-0.25, -0.2) is 0 Å². The van der Waals surface area contributed by atoms with Crippen LogP contribution < -0.4 is 5.32 Å². The predicted molar refractivity (Wildman–Crippen MR) is 104 cm³/mol. The molecule has 3 amide bonds. The third kappa shape index (κ3) is 3.35. The number of hydrogen-bond donors (Lipinski definition) is 1. The van der Waals surface area contributed by atoms with Gasteiger partial charge < -0.3 is 5.32 Å². The van der Waals surface area contributed by atoms with Crippen LogP contribution in [-0.2, 0) is 14.4 Å². The first kappa shape index (κ1) is 17.7. The van der Waals surface area contributed by atoms with E-state index in [-0.39, 0.29) is 42.5 Å². The van der Waals surface area contributed by atoms with Crippen molar-refractivity contribution in [1.82, 2.24) is 4.90 Å². The zero-order valence-corrected chi connectivity index (χ0v) is 15.4. The summed E-state index contributed by atoms with van der Waals surface area (Å²) in [4.78, 5) is 38.7. The number of halogens is 1. The van der Waals surface area contributed by atoms with Gasteiger partial charge in [0.15, 0.2) is 0 Å². The van der Waals surface area contributed by atoms with Gasteiger partial charge in [-0.3, -0.25) is 19.3 Å². The zero-order valence-electron chi connectivity index (χ0n) is 14.7. The first-order chi connectivity index (χ1) is 13.0. The van der Waals surface area contributed by atoms with Crippen molar-refractivity contribution in [3.63, 3.8) is 0 Å². The van der Waals surface area contributed by atoms with Crippen molar-refractivity contribution in [2.24, 2.45) is 11.8 Å². The Morgan fingerprint density at radius 3 is 2.67 bits per heavy atom. The highest BCUT2D eigenvalue weighted by atomic mass is 35.5. The molecule has 1 saturated heterocycles. The largest absolute Gasteiger partial charge is 0.325 e. The molecule has 0 radical (unpaired) electrons. The molecule has 0 unspecified atom stereocenters. The molecule has 0 bridgehead atoms. The number of allylic oxidation sites excluding steroid dienone is 2. The Balaban J connectivity index is 1.41. The van der Waals surface area contributed by atoms with Gasteiger partial charge in [-0.2, -0.15) is 0 Å². The third-order valence-electron chi connectivity index (χ3n) is 5.29. The maximum atomic E-state index is 12.5. The van der Waals surface area contributed by atoms with Crippen molar-refractivity contribution < 1.29 is 14.4 Å². The van der Waals surface area contributed by atoms with E-state index in [1.165, 1.54) is 4.90 Å². The van der Waals surface area contributed by atoms with Crippen molar-refractivity contribution in [3.05, 3.63) is 53.6 Å². The summed E-state index contributed by atoms with van der Waals surface area (Å²) in [6.07, 6.45) is 2.79. The highest BCUT2D eigenvalue weighted by molar-refractivity contribution is 6.30. The Morgan fingerprint density at radius 2 is 1.81 bits per heavy atom. The van der Waals surface area contributed by atoms with Crippen LogP contribution >= 0.6 is 11.6 Å². The van der Waals surface area contributed by atoms with Gasteiger partial charge in [-0.05, 0) is 24.3 Å². The van der Waals surface area contributed by atoms with E-state index in [0.717, 1.165) is 16.5 Å². The van der Waals surface area contributed by atoms with Crippen LogP contribution in [0.25, 0.3) is 10.8 Å². The number of imide groups is 1. The van der Waals surface area contributed by atoms with E-state index >= 15 is 0 Å². The number of nitrogens with one attached hydrogen (secondary N) is 1. The van der Waals surface area contributed by atoms with Crippen LogP contribution in [-0.4, -0.2) is 29.2 Å². The molecule has 138 valence electrons. The Hall–Kier alpha value is -2.66. The minimum absolute atomic E-state index is 0.0707. The molecule has 1 heterocycles. The number of fused-ring (bicyclic) bond motifs is 2. The summed E-state index contributed by atoms with van der Waals surface area (Å²) in [7, 11) is 0. The van der Waals surface area contributed by atoms with Gasteiger partial charge in [-0.15, -0.1) is 0 Å². The van der Waals surface area contributed by atoms with Crippen LogP contribution in [0.4, 0.5) is 5.69 Å². The fourth-order valence-electron chi connectivity index (χ4n) is 3.88. The minimum Gasteiger partial charge on any atom is -0.325 e. The van der Waals surface area contributed by atoms with E-state index in [0.29, 0.717) is 17.9 Å². The number of carbonyl (C=O) groups is 3. The first-order valence-corrected chi connectivity index (χ1v) is 9.40. The Bertz CT molecular complexity index is 964. The summed E-state index contributed by atoms with van der Waals surface area (Å²) in [6, 6.07) is 13.5. The van der Waals surface area contributed by atoms with Crippen molar-refractivity contribution in [1.29, 1.82) is 0 Å². The molecule has 2 atom stereocenters. The molecule has 6 heteroatoms. The van der Waals surface area contributed by atoms with Gasteiger partial charge in [0, 0.05) is 29.1 Å². The summed E-state index contributed by atoms with van der Waals surface area (Å²) >= 11 is 6.02. The summed E-state index contributed by atoms with van der Waals surface area (Å²) in [6.45, 7) is 0.0961. The molecule has 2 aromatic rings. The molecule has 2 aromatic carbocycles. The van der Waals surface area contributed by atoms with Crippen LogP contribution in [0.2, 0.25) is 0 Å². The molecular formula is C21H19ClN2O3. The summed E-state index contributed by atoms with van der Waals surface area (Å²) in [5.41, 5.74) is 0.724. The molecule has 0 saturated carbocycles. The van der Waals surface area contributed by atoms with Crippen molar-refractivity contribution in [2.45, 2.75) is 19.3 Å². The third-order valence-corrected chi connectivity index (χ3v) is 5.60. The van der Waals surface area contributed by atoms with E-state index < -0.39 is 0 Å². The van der Waals surface area contributed by atoms with Gasteiger partial charge in [0.25, 0.3) is 0 Å². The summed E-state index contributed by atoms with van der Waals surface area (Å²) < 4.78 is 0. The summed E-state index contributed by atoms with van der Waals surface area (Å²) in [5.74, 6) is -1.34. The quantitative estimate of drug-likeness (QED) is 0.820. The predicted octanol–water partition coefficient (Wildman–Crippen LogP) is 3.69. The van der Waals surface area contributed by atoms with Crippen LogP contribution in [0.5, 0.6) is 0 Å². The lowest BCUT2D eigenvalue weighted by Crippen LogP contribution is -2.34. The molecule has 0 spiro atoms. The van der Waals surface area contributed by atoms with Crippen LogP contribution in [0.1, 0.15) is 19.3 Å². The fraction of sp³-hybridized carbons (Fsp3) is 0.286. The summed E-state index contributed by atoms with van der Waals surface area (Å²) in [5, 5.41) is 5.51. The van der Waals surface area contributed by atoms with Crippen molar-refractivity contribution >= 4 is 45.8 Å². The second kappa shape index (κ2) is 7.16. The van der Waals surface area contributed by atoms with E-state index in [1.54, 1.807) is 0 Å². The molecule has 1 aliphatic heterocycles. The van der Waals surface area contributed by atoms with E-state index in [2.05, 4.69) is 5.32 Å². The van der Waals surface area contributed by atoms with Gasteiger partial charge in [-0.1, -0.05) is 54.1 Å². The molecule has 2 aliphatic rings. The smallest absolute Gasteiger partial charge is 0.233 e. The first-order valence-electron chi connectivity index (χ1n) is 9.02. The van der Waals surface area contributed by atoms with Gasteiger partial charge in [0.2, 0.25) is 17.7 Å². The van der Waals surface area contributed by atoms with Crippen molar-refractivity contribution in [2.75, 3.05) is 11.9 Å². The van der Waals surface area contributed by atoms with Crippen LogP contribution in [0.15, 0.2) is 53.6 Å². The topological polar surface area (TPSA) is 66.5 Å². The van der Waals surface area contributed by atoms with Crippen molar-refractivity contribution in [3.8, 4) is 0 Å². The average Bonchev–Trinajstić information content (AvgIpc) is 2.90. The lowest BCUT2D eigenvalue weighted by molar-refractivity contribution is -0.140. The normalized spacial score (nSPS) is 22.0. The standard InChI is InChI=1S/C21H19ClN2O3/c22-14-8-9-16-17(12-14)21(27)24(20(16)26)11-10-19(25)23-18-7-3-5-13-4-1-2-6-15(13)18/h1-8,16-17H,9-12H2,(H,23,25)/t16-,17-/m1/s1. The molecule has 1 aliphatic carbocycles. The highest BCUT2D eigenvalue weighted by Gasteiger charge is 2.48. The van der Waals surface area contributed by atoms with Gasteiger partial charge in [0.1, 0.15) is 0 Å². The van der Waals surface area contributed by atoms with Gasteiger partial charge in [0.05, 0.1) is 11.8 Å². The molecule has 27 heavy (non-hydrogen) atoms. The Morgan fingerprint density at radius 1 is 1.07 bits per heavy atom. The zero-order chi connectivity index (χ0) is 19.0. The van der Waals surface area contributed by atoms with E-state index in [9.17, 15) is 14.4 Å². The molecule has 1 fully saturated rings. The number of rotatable bonds is 4. The fourth-order valence-corrected chi connectivity index (χ4v) is 4.13. The average molecular weight is 383 g/mol. The number of anilines is 1. The van der Waals surface area contributed by atoms with Crippen LogP contribution in [0.3, 0.4) is 0 Å². The molecule has 5 nitrogen and oxygen atoms in total. The lowest BCUT2D eigenvalue weighted by Gasteiger charge is -2.17. The molecule has 1 N–H and O–H groups in total. The number of amides is 3. The lowest BCUT2D eigenvalue weighted by atomic mass is 9.85. The number of likely N-dealkylation sites (tertiary alicyclic amines) is 1. The maximum absolute atomic E-state index is 12.5. The van der Waals surface area contributed by atoms with Gasteiger partial charge >= 0.3 is 0 Å². The second-order valence-electron chi connectivity index (χ2n) is 6.96. The minimum atomic E-state index is -0.379. The molecule has 0 aromatic heterocycles. The maximum Gasteiger partial charge on any atom is 0.233 e. The van der Waals surface area contributed by atoms with Crippen LogP contribution in [0, 0.1) is 11.8 Å². The Kier molecular flexibility index (Phi) is 4.70.